The minimum atomic E-state index is 0.163. The zero-order valence-corrected chi connectivity index (χ0v) is 18.9. The predicted octanol–water partition coefficient (Wildman–Crippen LogP) is 7.47. The average Bonchev–Trinajstić information content (AvgIpc) is 3.09. The normalized spacial score (nSPS) is 11.2. The Kier molecular flexibility index (Phi) is 6.62. The molecule has 7 heteroatoms. The van der Waals surface area contributed by atoms with Crippen molar-refractivity contribution in [3.63, 3.8) is 0 Å². The second-order valence-electron chi connectivity index (χ2n) is 6.86. The number of ether oxygens (including phenoxy) is 1. The minimum Gasteiger partial charge on any atom is -0.486 e. The lowest BCUT2D eigenvalue weighted by atomic mass is 10.2. The molecule has 1 heterocycles. The van der Waals surface area contributed by atoms with Crippen molar-refractivity contribution in [1.29, 1.82) is 0 Å². The van der Waals surface area contributed by atoms with E-state index in [1.165, 1.54) is 5.56 Å². The van der Waals surface area contributed by atoms with Crippen LogP contribution in [0.3, 0.4) is 0 Å². The summed E-state index contributed by atoms with van der Waals surface area (Å²) in [5, 5.41) is 6.08. The van der Waals surface area contributed by atoms with Crippen molar-refractivity contribution in [2.24, 2.45) is 4.99 Å². The first-order chi connectivity index (χ1) is 15.0. The van der Waals surface area contributed by atoms with Gasteiger partial charge in [0, 0.05) is 11.2 Å². The molecule has 0 amide bonds. The van der Waals surface area contributed by atoms with Gasteiger partial charge in [-0.25, -0.2) is 4.68 Å². The highest BCUT2D eigenvalue weighted by atomic mass is 35.5. The van der Waals surface area contributed by atoms with E-state index < -0.39 is 0 Å². The molecule has 0 atom stereocenters. The number of para-hydroxylation sites is 1. The maximum atomic E-state index is 6.70. The van der Waals surface area contributed by atoms with Gasteiger partial charge in [0.15, 0.2) is 0 Å². The summed E-state index contributed by atoms with van der Waals surface area (Å²) in [4.78, 5) is 4.57. The fourth-order valence-corrected chi connectivity index (χ4v) is 3.69. The van der Waals surface area contributed by atoms with Gasteiger partial charge in [0.25, 0.3) is 0 Å². The summed E-state index contributed by atoms with van der Waals surface area (Å²) in [6.45, 7) is 2.20. The minimum absolute atomic E-state index is 0.163. The number of aliphatic imine (C=N–C) groups is 1. The van der Waals surface area contributed by atoms with Gasteiger partial charge in [-0.05, 0) is 49.4 Å². The van der Waals surface area contributed by atoms with E-state index in [1.54, 1.807) is 29.1 Å². The Morgan fingerprint density at radius 1 is 0.968 bits per heavy atom. The van der Waals surface area contributed by atoms with Crippen LogP contribution < -0.4 is 4.74 Å². The van der Waals surface area contributed by atoms with Crippen molar-refractivity contribution in [1.82, 2.24) is 9.78 Å². The molecule has 3 aromatic carbocycles. The van der Waals surface area contributed by atoms with Crippen molar-refractivity contribution in [3.8, 4) is 11.4 Å². The quantitative estimate of drug-likeness (QED) is 0.274. The van der Waals surface area contributed by atoms with E-state index in [4.69, 9.17) is 39.5 Å². The summed E-state index contributed by atoms with van der Waals surface area (Å²) in [6.07, 6.45) is 1.71. The average molecular weight is 471 g/mol. The highest BCUT2D eigenvalue weighted by molar-refractivity contribution is 6.35. The van der Waals surface area contributed by atoms with Crippen LogP contribution in [0.25, 0.3) is 5.69 Å². The predicted molar refractivity (Wildman–Crippen MR) is 128 cm³/mol. The van der Waals surface area contributed by atoms with Gasteiger partial charge in [-0.15, -0.1) is 0 Å². The Hall–Kier alpha value is -2.79. The molecule has 4 nitrogen and oxygen atoms in total. The second kappa shape index (κ2) is 9.56. The molecule has 0 radical (unpaired) electrons. The maximum Gasteiger partial charge on any atom is 0.142 e. The number of hydrogen-bond donors (Lipinski definition) is 0. The highest BCUT2D eigenvalue weighted by Crippen LogP contribution is 2.29. The third-order valence-electron chi connectivity index (χ3n) is 4.58. The third-order valence-corrected chi connectivity index (χ3v) is 5.47. The lowest BCUT2D eigenvalue weighted by Gasteiger charge is -2.07. The number of halogens is 3. The number of benzene rings is 3. The summed E-state index contributed by atoms with van der Waals surface area (Å²) in [6, 6.07) is 22.6. The van der Waals surface area contributed by atoms with E-state index in [-0.39, 0.29) is 6.61 Å². The second-order valence-corrected chi connectivity index (χ2v) is 8.06. The van der Waals surface area contributed by atoms with Crippen LogP contribution in [0, 0.1) is 6.92 Å². The van der Waals surface area contributed by atoms with Crippen LogP contribution in [0.5, 0.6) is 5.75 Å². The van der Waals surface area contributed by atoms with Gasteiger partial charge < -0.3 is 4.74 Å². The molecule has 0 N–H and O–H groups in total. The van der Waals surface area contributed by atoms with Crippen molar-refractivity contribution in [3.05, 3.63) is 105 Å². The number of nitrogens with zero attached hydrogens (tertiary/aromatic N) is 3. The highest BCUT2D eigenvalue weighted by Gasteiger charge is 2.17. The first-order valence-corrected chi connectivity index (χ1v) is 10.7. The topological polar surface area (TPSA) is 39.4 Å². The fraction of sp³-hybridized carbons (Fsp3) is 0.0833. The maximum absolute atomic E-state index is 6.70. The lowest BCUT2D eigenvalue weighted by molar-refractivity contribution is 0.300. The molecular formula is C24H18Cl3N3O. The lowest BCUT2D eigenvalue weighted by Crippen LogP contribution is -2.01. The molecule has 156 valence electrons. The Balaban J connectivity index is 1.68. The van der Waals surface area contributed by atoms with E-state index in [9.17, 15) is 0 Å². The molecule has 4 aromatic rings. The van der Waals surface area contributed by atoms with Crippen LogP contribution >= 0.6 is 34.8 Å². The van der Waals surface area contributed by atoms with E-state index in [1.807, 2.05) is 61.5 Å². The van der Waals surface area contributed by atoms with E-state index >= 15 is 0 Å². The molecule has 0 aliphatic carbocycles. The van der Waals surface area contributed by atoms with Crippen LogP contribution in [0.1, 0.15) is 16.8 Å². The smallest absolute Gasteiger partial charge is 0.142 e. The van der Waals surface area contributed by atoms with Crippen LogP contribution in [0.2, 0.25) is 15.2 Å². The summed E-state index contributed by atoms with van der Waals surface area (Å²) < 4.78 is 7.57. The van der Waals surface area contributed by atoms with Gasteiger partial charge in [0.1, 0.15) is 23.2 Å². The number of aromatic nitrogens is 2. The summed E-state index contributed by atoms with van der Waals surface area (Å²) in [7, 11) is 0. The van der Waals surface area contributed by atoms with Gasteiger partial charge in [-0.3, -0.25) is 4.99 Å². The number of aryl methyl sites for hydroxylation is 1. The molecule has 0 unspecified atom stereocenters. The zero-order chi connectivity index (χ0) is 21.8. The van der Waals surface area contributed by atoms with Crippen molar-refractivity contribution in [2.45, 2.75) is 13.5 Å². The Labute approximate surface area is 195 Å². The standard InChI is InChI=1S/C24H18Cl3N3O/c1-16-7-10-18(11-8-16)28-14-20-22(15-31-23-12-9-17(25)13-21(23)26)29-30(24(20)27)19-5-3-2-4-6-19/h2-14H,15H2,1H3. The molecule has 31 heavy (non-hydrogen) atoms. The van der Waals surface area contributed by atoms with Gasteiger partial charge in [-0.2, -0.15) is 5.10 Å². The Morgan fingerprint density at radius 3 is 2.42 bits per heavy atom. The summed E-state index contributed by atoms with van der Waals surface area (Å²) in [5.74, 6) is 0.512. The number of hydrogen-bond acceptors (Lipinski definition) is 3. The molecule has 0 saturated heterocycles. The molecule has 0 fully saturated rings. The van der Waals surface area contributed by atoms with Crippen molar-refractivity contribution < 1.29 is 4.74 Å². The molecule has 0 bridgehead atoms. The number of rotatable bonds is 6. The van der Waals surface area contributed by atoms with Crippen molar-refractivity contribution >= 4 is 46.7 Å². The van der Waals surface area contributed by atoms with E-state index in [0.717, 1.165) is 11.4 Å². The van der Waals surface area contributed by atoms with Crippen LogP contribution in [-0.4, -0.2) is 16.0 Å². The largest absolute Gasteiger partial charge is 0.486 e. The Bertz CT molecular complexity index is 1220. The molecule has 0 aliphatic heterocycles. The van der Waals surface area contributed by atoms with E-state index in [2.05, 4.69) is 10.1 Å². The molecule has 0 spiro atoms. The Morgan fingerprint density at radius 2 is 1.71 bits per heavy atom. The third kappa shape index (κ3) is 5.10. The fourth-order valence-electron chi connectivity index (χ4n) is 2.93. The summed E-state index contributed by atoms with van der Waals surface area (Å²) >= 11 is 18.9. The SMILES string of the molecule is Cc1ccc(N=Cc2c(COc3ccc(Cl)cc3Cl)nn(-c3ccccc3)c2Cl)cc1. The first-order valence-electron chi connectivity index (χ1n) is 9.52. The van der Waals surface area contributed by atoms with Crippen molar-refractivity contribution in [2.75, 3.05) is 0 Å². The first kappa shape index (κ1) is 21.4. The van der Waals surface area contributed by atoms with Crippen LogP contribution in [0.4, 0.5) is 5.69 Å². The van der Waals surface area contributed by atoms with Gasteiger partial charge in [-0.1, -0.05) is 70.7 Å². The zero-order valence-electron chi connectivity index (χ0n) is 16.6. The van der Waals surface area contributed by atoms with Crippen LogP contribution in [0.15, 0.2) is 77.8 Å². The monoisotopic (exact) mass is 469 g/mol. The molecular weight excluding hydrogens is 453 g/mol. The van der Waals surface area contributed by atoms with Crippen LogP contribution in [-0.2, 0) is 6.61 Å². The molecule has 1 aromatic heterocycles. The van der Waals surface area contributed by atoms with Gasteiger partial charge in [0.2, 0.25) is 0 Å². The summed E-state index contributed by atoms with van der Waals surface area (Å²) in [5.41, 5.74) is 4.14. The molecule has 0 saturated carbocycles. The molecule has 4 rings (SSSR count). The van der Waals surface area contributed by atoms with Gasteiger partial charge >= 0.3 is 0 Å². The van der Waals surface area contributed by atoms with E-state index in [0.29, 0.717) is 32.2 Å². The van der Waals surface area contributed by atoms with Gasteiger partial charge in [0.05, 0.1) is 22.0 Å². The molecule has 0 aliphatic rings.